The summed E-state index contributed by atoms with van der Waals surface area (Å²) in [5, 5.41) is 39.3. The quantitative estimate of drug-likeness (QED) is 0.0560. The fourth-order valence-corrected chi connectivity index (χ4v) is 10.7. The number of hydrogen-bond acceptors (Lipinski definition) is 16. The Labute approximate surface area is 421 Å². The van der Waals surface area contributed by atoms with E-state index in [0.29, 0.717) is 68.4 Å². The Kier molecular flexibility index (Phi) is 17.1. The molecule has 2 saturated heterocycles. The van der Waals surface area contributed by atoms with Crippen LogP contribution in [0.25, 0.3) is 5.65 Å². The maximum atomic E-state index is 13.4. The number of aromatic nitrogens is 6. The van der Waals surface area contributed by atoms with E-state index in [4.69, 9.17) is 40.3 Å². The number of ether oxygens (including phenoxy) is 5. The van der Waals surface area contributed by atoms with Crippen LogP contribution < -0.4 is 29.9 Å². The molecule has 1 amide bonds. The highest BCUT2D eigenvalue weighted by molar-refractivity contribution is 6.31. The molecule has 0 unspecified atom stereocenters. The van der Waals surface area contributed by atoms with Gasteiger partial charge in [-0.1, -0.05) is 52.3 Å². The molecule has 18 nitrogen and oxygen atoms in total. The van der Waals surface area contributed by atoms with Crippen molar-refractivity contribution in [2.45, 2.75) is 110 Å². The molecule has 1 atom stereocenters. The lowest BCUT2D eigenvalue weighted by Gasteiger charge is -2.63. The number of piperidine rings is 2. The smallest absolute Gasteiger partial charge is 0.272 e. The number of benzene rings is 1. The van der Waals surface area contributed by atoms with E-state index < -0.39 is 10.8 Å². The van der Waals surface area contributed by atoms with Crippen LogP contribution in [0.1, 0.15) is 100 Å². The number of aryl methyl sites for hydroxylation is 1. The van der Waals surface area contributed by atoms with Crippen molar-refractivity contribution < 1.29 is 33.6 Å². The molecule has 71 heavy (non-hydrogen) atoms. The normalized spacial score (nSPS) is 19.8. The number of aliphatic hydroxyl groups is 1. The highest BCUT2D eigenvalue weighted by Gasteiger charge is 2.64. The first-order valence-corrected chi connectivity index (χ1v) is 25.4. The molecular formula is C52H68ClN11O7. The Bertz CT molecular complexity index is 2560. The van der Waals surface area contributed by atoms with Crippen molar-refractivity contribution in [3.8, 4) is 17.7 Å². The van der Waals surface area contributed by atoms with Crippen LogP contribution in [0.5, 0.6) is 11.6 Å². The standard InChI is InChI=1S/C52H68ClN11O7/c1-6-36-34-57-64-44(30-45(58-47(36)64)63-19-8-7-9-38(63)18-22-65)55-32-35-10-15-46(56-33-35)70-28-26-68-24-23-67-25-27-69-39-16-20-62(21-17-39)43-14-13-42(60-61-43)48(66)59-49-51(2,3)50(52(49,4)5)71-40-12-11-37(31-54)41(53)29-40/h10-15,29-30,33-34,38-39,49-50,55,65H,6-9,16-28,32H2,1-5H3,(H,59,66)/t38-,49?,50?/m0/s1. The number of nitrogens with zero attached hydrogens (tertiary/aromatic N) is 9. The average Bonchev–Trinajstić information content (AvgIpc) is 3.81. The zero-order valence-electron chi connectivity index (χ0n) is 41.6. The van der Waals surface area contributed by atoms with Crippen molar-refractivity contribution in [3.05, 3.63) is 88.3 Å². The van der Waals surface area contributed by atoms with Gasteiger partial charge in [-0.3, -0.25) is 4.79 Å². The summed E-state index contributed by atoms with van der Waals surface area (Å²) in [7, 11) is 0. The summed E-state index contributed by atoms with van der Waals surface area (Å²) in [5.41, 5.74) is 2.81. The highest BCUT2D eigenvalue weighted by Crippen LogP contribution is 2.55. The van der Waals surface area contributed by atoms with Crippen molar-refractivity contribution in [1.82, 2.24) is 35.1 Å². The Morgan fingerprint density at radius 1 is 0.901 bits per heavy atom. The van der Waals surface area contributed by atoms with Crippen molar-refractivity contribution in [3.63, 3.8) is 0 Å². The minimum absolute atomic E-state index is 0.129. The third-order valence-corrected chi connectivity index (χ3v) is 14.4. The monoisotopic (exact) mass is 993 g/mol. The summed E-state index contributed by atoms with van der Waals surface area (Å²) in [6, 6.07) is 16.7. The van der Waals surface area contributed by atoms with E-state index in [0.717, 1.165) is 92.4 Å². The van der Waals surface area contributed by atoms with Gasteiger partial charge in [-0.15, -0.1) is 10.2 Å². The lowest BCUT2D eigenvalue weighted by molar-refractivity contribution is -0.164. The predicted octanol–water partition coefficient (Wildman–Crippen LogP) is 7.06. The van der Waals surface area contributed by atoms with Crippen LogP contribution in [0.2, 0.25) is 5.02 Å². The van der Waals surface area contributed by atoms with Gasteiger partial charge in [0.1, 0.15) is 36.2 Å². The number of nitrogens with one attached hydrogen (secondary N) is 2. The molecule has 0 bridgehead atoms. The van der Waals surface area contributed by atoms with Gasteiger partial charge in [0.25, 0.3) is 5.91 Å². The zero-order valence-corrected chi connectivity index (χ0v) is 42.4. The minimum Gasteiger partial charge on any atom is -0.489 e. The van der Waals surface area contributed by atoms with Crippen LogP contribution in [0.15, 0.2) is 60.9 Å². The van der Waals surface area contributed by atoms with Crippen LogP contribution in [-0.2, 0) is 27.2 Å². The number of amides is 1. The van der Waals surface area contributed by atoms with Crippen molar-refractivity contribution in [1.29, 1.82) is 5.26 Å². The number of anilines is 3. The fraction of sp³-hybridized carbons (Fsp3) is 0.558. The molecule has 380 valence electrons. The van der Waals surface area contributed by atoms with E-state index in [2.05, 4.69) is 87.5 Å². The van der Waals surface area contributed by atoms with Gasteiger partial charge in [0.2, 0.25) is 5.88 Å². The largest absolute Gasteiger partial charge is 0.489 e. The van der Waals surface area contributed by atoms with E-state index in [1.54, 1.807) is 24.3 Å². The number of carbonyl (C=O) groups is 1. The Hall–Kier alpha value is -5.84. The van der Waals surface area contributed by atoms with Gasteiger partial charge < -0.3 is 49.2 Å². The van der Waals surface area contributed by atoms with E-state index in [1.165, 1.54) is 6.42 Å². The second-order valence-electron chi connectivity index (χ2n) is 19.7. The van der Waals surface area contributed by atoms with Crippen molar-refractivity contribution >= 4 is 40.6 Å². The van der Waals surface area contributed by atoms with Gasteiger partial charge in [-0.05, 0) is 74.8 Å². The molecule has 3 aliphatic rings. The van der Waals surface area contributed by atoms with E-state index in [-0.39, 0.29) is 42.5 Å². The van der Waals surface area contributed by atoms with Gasteiger partial charge in [0, 0.05) is 85.7 Å². The summed E-state index contributed by atoms with van der Waals surface area (Å²) >= 11 is 6.25. The average molecular weight is 995 g/mol. The molecule has 5 aromatic rings. The number of aliphatic hydroxyl groups excluding tert-OH is 1. The summed E-state index contributed by atoms with van der Waals surface area (Å²) in [6.45, 7) is 16.2. The second kappa shape index (κ2) is 23.6. The van der Waals surface area contributed by atoms with E-state index >= 15 is 0 Å². The van der Waals surface area contributed by atoms with Gasteiger partial charge in [0.05, 0.1) is 55.9 Å². The fourth-order valence-electron chi connectivity index (χ4n) is 10.5. The molecule has 2 aliphatic heterocycles. The van der Waals surface area contributed by atoms with Gasteiger partial charge in [-0.25, -0.2) is 9.97 Å². The predicted molar refractivity (Wildman–Crippen MR) is 270 cm³/mol. The lowest BCUT2D eigenvalue weighted by Crippen LogP contribution is -2.74. The molecular weight excluding hydrogens is 926 g/mol. The molecule has 1 saturated carbocycles. The first kappa shape index (κ1) is 51.5. The van der Waals surface area contributed by atoms with Crippen LogP contribution in [0.4, 0.5) is 17.5 Å². The molecule has 8 rings (SSSR count). The Morgan fingerprint density at radius 3 is 2.37 bits per heavy atom. The Balaban J connectivity index is 0.673. The van der Waals surface area contributed by atoms with Gasteiger partial charge in [0.15, 0.2) is 17.2 Å². The summed E-state index contributed by atoms with van der Waals surface area (Å²) in [5.74, 6) is 3.33. The van der Waals surface area contributed by atoms with E-state index in [1.807, 2.05) is 35.1 Å². The number of hydrogen-bond donors (Lipinski definition) is 3. The van der Waals surface area contributed by atoms with Gasteiger partial charge >= 0.3 is 0 Å². The SMILES string of the molecule is CCc1cnn2c(NCc3ccc(OCCOCCOCCOC4CCN(c5ccc(C(=O)NC6C(C)(C)C(Oc7ccc(C#N)c(Cl)c7)C6(C)C)nn5)CC4)nc3)cc(N3CCCC[C@H]3CCO)nc12. The third-order valence-electron chi connectivity index (χ3n) is 14.1. The number of rotatable bonds is 23. The number of nitriles is 1. The van der Waals surface area contributed by atoms with E-state index in [9.17, 15) is 15.2 Å². The Morgan fingerprint density at radius 2 is 1.68 bits per heavy atom. The maximum absolute atomic E-state index is 13.4. The molecule has 0 radical (unpaired) electrons. The number of pyridine rings is 1. The van der Waals surface area contributed by atoms with Gasteiger partial charge in [-0.2, -0.15) is 14.9 Å². The lowest BCUT2D eigenvalue weighted by atomic mass is 9.49. The first-order chi connectivity index (χ1) is 34.4. The van der Waals surface area contributed by atoms with Crippen molar-refractivity contribution in [2.75, 3.05) is 81.0 Å². The summed E-state index contributed by atoms with van der Waals surface area (Å²) < 4.78 is 31.6. The molecule has 0 spiro atoms. The van der Waals surface area contributed by atoms with Crippen LogP contribution >= 0.6 is 11.6 Å². The molecule has 1 aromatic carbocycles. The molecule has 19 heteroatoms. The highest BCUT2D eigenvalue weighted by atomic mass is 35.5. The maximum Gasteiger partial charge on any atom is 0.272 e. The second-order valence-corrected chi connectivity index (χ2v) is 20.1. The minimum atomic E-state index is -0.394. The van der Waals surface area contributed by atoms with Crippen LogP contribution in [0.3, 0.4) is 0 Å². The molecule has 4 aromatic heterocycles. The number of carbonyl (C=O) groups excluding carboxylic acids is 1. The molecule has 1 aliphatic carbocycles. The third kappa shape index (κ3) is 12.3. The van der Waals surface area contributed by atoms with Crippen LogP contribution in [0, 0.1) is 22.2 Å². The number of fused-ring (bicyclic) bond motifs is 1. The zero-order chi connectivity index (χ0) is 50.0. The van der Waals surface area contributed by atoms with Crippen LogP contribution in [-0.4, -0.2) is 131 Å². The van der Waals surface area contributed by atoms with Crippen molar-refractivity contribution in [2.24, 2.45) is 10.8 Å². The first-order valence-electron chi connectivity index (χ1n) is 25.0. The summed E-state index contributed by atoms with van der Waals surface area (Å²) in [6.07, 6.45) is 10.2. The topological polar surface area (TPSA) is 207 Å². The number of halogens is 1. The molecule has 6 heterocycles. The summed E-state index contributed by atoms with van der Waals surface area (Å²) in [4.78, 5) is 27.4. The molecule has 3 fully saturated rings. The molecule has 3 N–H and O–H groups in total.